The molecule has 0 saturated heterocycles. The smallest absolute Gasteiger partial charge is 0.273 e. The largest absolute Gasteiger partial charge is 0.325 e. The van der Waals surface area contributed by atoms with E-state index in [-0.39, 0.29) is 17.2 Å². The van der Waals surface area contributed by atoms with Gasteiger partial charge in [-0.2, -0.15) is 0 Å². The van der Waals surface area contributed by atoms with Gasteiger partial charge < -0.3 is 5.32 Å². The Hall–Kier alpha value is -2.95. The summed E-state index contributed by atoms with van der Waals surface area (Å²) in [5, 5.41) is 16.0. The van der Waals surface area contributed by atoms with E-state index in [1.807, 2.05) is 64.5 Å². The third-order valence-corrected chi connectivity index (χ3v) is 7.51. The van der Waals surface area contributed by atoms with Gasteiger partial charge in [-0.05, 0) is 41.4 Å². The first-order chi connectivity index (χ1) is 15.1. The summed E-state index contributed by atoms with van der Waals surface area (Å²) in [7, 11) is 0. The highest BCUT2D eigenvalue weighted by molar-refractivity contribution is 7.99. The lowest BCUT2D eigenvalue weighted by molar-refractivity contribution is -0.113. The molecule has 1 aromatic carbocycles. The van der Waals surface area contributed by atoms with Gasteiger partial charge in [0.2, 0.25) is 11.7 Å². The van der Waals surface area contributed by atoms with Gasteiger partial charge in [-0.3, -0.25) is 18.6 Å². The molecule has 4 heterocycles. The van der Waals surface area contributed by atoms with Crippen molar-refractivity contribution in [2.75, 3.05) is 11.1 Å². The van der Waals surface area contributed by atoms with Gasteiger partial charge in [0.05, 0.1) is 17.8 Å². The van der Waals surface area contributed by atoms with E-state index >= 15 is 0 Å². The second-order valence-electron chi connectivity index (χ2n) is 6.88. The highest BCUT2D eigenvalue weighted by Gasteiger charge is 2.19. The third kappa shape index (κ3) is 3.78. The van der Waals surface area contributed by atoms with Crippen molar-refractivity contribution in [1.82, 2.24) is 19.2 Å². The van der Waals surface area contributed by atoms with Gasteiger partial charge in [-0.1, -0.05) is 36.0 Å². The average Bonchev–Trinajstić information content (AvgIpc) is 3.51. The molecule has 4 aromatic heterocycles. The fourth-order valence-electron chi connectivity index (χ4n) is 3.32. The predicted octanol–water partition coefficient (Wildman–Crippen LogP) is 4.25. The lowest BCUT2D eigenvalue weighted by Crippen LogP contribution is -2.22. The molecular formula is C21H17N5O2S3. The second-order valence-corrected chi connectivity index (χ2v) is 9.77. The standard InChI is InChI=1S/C21H17N5O2S3/c1-13-5-2-3-7-15(13)22-17(27)12-31-21-24-23-20-25(11-14-6-4-9-29-14)19(28)18-16(26(20)21)8-10-30-18/h2-10H,11-12H2,1H3,(H,22,27). The Morgan fingerprint density at radius 2 is 1.97 bits per heavy atom. The van der Waals surface area contributed by atoms with Crippen molar-refractivity contribution in [3.63, 3.8) is 0 Å². The number of carbonyl (C=O) groups is 1. The number of amides is 1. The van der Waals surface area contributed by atoms with Crippen molar-refractivity contribution in [2.45, 2.75) is 18.6 Å². The number of benzene rings is 1. The molecule has 0 saturated carbocycles. The van der Waals surface area contributed by atoms with Crippen LogP contribution in [0, 0.1) is 6.92 Å². The second kappa shape index (κ2) is 8.29. The summed E-state index contributed by atoms with van der Waals surface area (Å²) in [5.74, 6) is 0.542. The van der Waals surface area contributed by atoms with E-state index in [0.717, 1.165) is 21.6 Å². The van der Waals surface area contributed by atoms with E-state index in [9.17, 15) is 9.59 Å². The first-order valence-electron chi connectivity index (χ1n) is 9.47. The minimum Gasteiger partial charge on any atom is -0.325 e. The number of thioether (sulfide) groups is 1. The summed E-state index contributed by atoms with van der Waals surface area (Å²) in [4.78, 5) is 26.6. The topological polar surface area (TPSA) is 81.3 Å². The summed E-state index contributed by atoms with van der Waals surface area (Å²) in [6, 6.07) is 13.5. The molecule has 5 rings (SSSR count). The SMILES string of the molecule is Cc1ccccc1NC(=O)CSc1nnc2n(Cc3cccs3)c(=O)c3sccc3n12. The number of nitrogens with zero attached hydrogens (tertiary/aromatic N) is 4. The van der Waals surface area contributed by atoms with Crippen molar-refractivity contribution < 1.29 is 4.79 Å². The van der Waals surface area contributed by atoms with Gasteiger partial charge in [0.15, 0.2) is 5.16 Å². The number of fused-ring (bicyclic) bond motifs is 3. The number of para-hydroxylation sites is 1. The van der Waals surface area contributed by atoms with Crippen LogP contribution < -0.4 is 10.9 Å². The minimum atomic E-state index is -0.121. The summed E-state index contributed by atoms with van der Waals surface area (Å²) in [6.07, 6.45) is 0. The van der Waals surface area contributed by atoms with Gasteiger partial charge in [-0.25, -0.2) is 0 Å². The van der Waals surface area contributed by atoms with Crippen LogP contribution in [0.3, 0.4) is 0 Å². The fourth-order valence-corrected chi connectivity index (χ4v) is 5.58. The number of hydrogen-bond acceptors (Lipinski definition) is 7. The van der Waals surface area contributed by atoms with Gasteiger partial charge in [0, 0.05) is 10.6 Å². The molecule has 1 amide bonds. The molecule has 31 heavy (non-hydrogen) atoms. The van der Waals surface area contributed by atoms with Crippen LogP contribution in [0.15, 0.2) is 63.2 Å². The molecule has 0 fully saturated rings. The molecule has 10 heteroatoms. The predicted molar refractivity (Wildman–Crippen MR) is 127 cm³/mol. The zero-order chi connectivity index (χ0) is 21.4. The third-order valence-electron chi connectivity index (χ3n) is 4.83. The lowest BCUT2D eigenvalue weighted by atomic mass is 10.2. The molecule has 156 valence electrons. The van der Waals surface area contributed by atoms with E-state index in [4.69, 9.17) is 0 Å². The maximum Gasteiger partial charge on any atom is 0.273 e. The molecule has 0 aliphatic rings. The zero-order valence-corrected chi connectivity index (χ0v) is 18.9. The highest BCUT2D eigenvalue weighted by atomic mass is 32.2. The molecule has 0 atom stereocenters. The van der Waals surface area contributed by atoms with Gasteiger partial charge in [-0.15, -0.1) is 32.9 Å². The Balaban J connectivity index is 1.47. The number of anilines is 1. The molecule has 0 bridgehead atoms. The summed E-state index contributed by atoms with van der Waals surface area (Å²) in [5.41, 5.74) is 2.49. The van der Waals surface area contributed by atoms with Crippen molar-refractivity contribution in [3.8, 4) is 0 Å². The fraction of sp³-hybridized carbons (Fsp3) is 0.143. The highest BCUT2D eigenvalue weighted by Crippen LogP contribution is 2.25. The van der Waals surface area contributed by atoms with Crippen molar-refractivity contribution in [1.29, 1.82) is 0 Å². The summed E-state index contributed by atoms with van der Waals surface area (Å²) in [6.45, 7) is 2.39. The van der Waals surface area contributed by atoms with E-state index in [1.165, 1.54) is 23.1 Å². The van der Waals surface area contributed by atoms with Crippen molar-refractivity contribution in [2.24, 2.45) is 0 Å². The quantitative estimate of drug-likeness (QED) is 0.378. The van der Waals surface area contributed by atoms with Crippen LogP contribution >= 0.6 is 34.4 Å². The van der Waals surface area contributed by atoms with E-state index in [2.05, 4.69) is 15.5 Å². The molecule has 5 aromatic rings. The van der Waals surface area contributed by atoms with Crippen LogP contribution in [0.1, 0.15) is 10.4 Å². The van der Waals surface area contributed by atoms with Crippen molar-refractivity contribution >= 4 is 62.0 Å². The van der Waals surface area contributed by atoms with Gasteiger partial charge in [0.25, 0.3) is 5.56 Å². The van der Waals surface area contributed by atoms with Crippen LogP contribution in [-0.2, 0) is 11.3 Å². The molecule has 0 unspecified atom stereocenters. The van der Waals surface area contributed by atoms with Gasteiger partial charge >= 0.3 is 0 Å². The van der Waals surface area contributed by atoms with E-state index in [1.54, 1.807) is 15.9 Å². The molecule has 7 nitrogen and oxygen atoms in total. The first kappa shape index (κ1) is 20.0. The summed E-state index contributed by atoms with van der Waals surface area (Å²) >= 11 is 4.29. The molecular weight excluding hydrogens is 450 g/mol. The number of hydrogen-bond donors (Lipinski definition) is 1. The molecule has 0 spiro atoms. The van der Waals surface area contributed by atoms with Crippen LogP contribution in [0.25, 0.3) is 16.0 Å². The Bertz CT molecular complexity index is 1450. The Morgan fingerprint density at radius 1 is 1.10 bits per heavy atom. The molecule has 1 N–H and O–H groups in total. The van der Waals surface area contributed by atoms with Crippen molar-refractivity contribution in [3.05, 3.63) is 74.0 Å². The first-order valence-corrected chi connectivity index (χ1v) is 12.2. The molecule has 0 aliphatic heterocycles. The number of rotatable bonds is 6. The maximum atomic E-state index is 13.1. The number of carbonyl (C=O) groups excluding carboxylic acids is 1. The van der Waals surface area contributed by atoms with E-state index < -0.39 is 0 Å². The number of thiophene rings is 2. The maximum absolute atomic E-state index is 13.1. The van der Waals surface area contributed by atoms with Gasteiger partial charge in [0.1, 0.15) is 4.70 Å². The Morgan fingerprint density at radius 3 is 2.77 bits per heavy atom. The van der Waals surface area contributed by atoms with Crippen LogP contribution in [0.2, 0.25) is 0 Å². The molecule has 0 radical (unpaired) electrons. The van der Waals surface area contributed by atoms with Crippen LogP contribution in [0.5, 0.6) is 0 Å². The number of aromatic nitrogens is 4. The van der Waals surface area contributed by atoms with Crippen LogP contribution in [0.4, 0.5) is 5.69 Å². The lowest BCUT2D eigenvalue weighted by Gasteiger charge is -2.09. The van der Waals surface area contributed by atoms with E-state index in [0.29, 0.717) is 22.2 Å². The van der Waals surface area contributed by atoms with Crippen LogP contribution in [-0.4, -0.2) is 30.8 Å². The molecule has 0 aliphatic carbocycles. The number of aryl methyl sites for hydroxylation is 1. The normalized spacial score (nSPS) is 11.4. The average molecular weight is 468 g/mol. The summed E-state index contributed by atoms with van der Waals surface area (Å²) < 4.78 is 4.16. The Kier molecular flexibility index (Phi) is 5.34. The Labute approximate surface area is 189 Å². The number of nitrogens with one attached hydrogen (secondary N) is 1. The zero-order valence-electron chi connectivity index (χ0n) is 16.4. The minimum absolute atomic E-state index is 0.0767. The monoisotopic (exact) mass is 467 g/mol.